The van der Waals surface area contributed by atoms with E-state index in [4.69, 9.17) is 9.47 Å². The summed E-state index contributed by atoms with van der Waals surface area (Å²) in [7, 11) is 3.02. The van der Waals surface area contributed by atoms with E-state index >= 15 is 0 Å². The van der Waals surface area contributed by atoms with E-state index in [1.165, 1.54) is 27.2 Å². The first-order valence-corrected chi connectivity index (χ1v) is 10.7. The zero-order valence-corrected chi connectivity index (χ0v) is 19.2. The number of carbonyl (C=O) groups is 2. The third kappa shape index (κ3) is 5.58. The molecule has 3 rings (SSSR count). The van der Waals surface area contributed by atoms with Crippen molar-refractivity contribution in [3.8, 4) is 11.5 Å². The van der Waals surface area contributed by atoms with Crippen molar-refractivity contribution >= 4 is 17.4 Å². The number of rotatable bonds is 10. The van der Waals surface area contributed by atoms with Gasteiger partial charge >= 0.3 is 0 Å². The minimum absolute atomic E-state index is 0.105. The standard InChI is InChI=1S/C26H26N2O6/c1-17(29)27-22(20-11-7-8-12-23(20)28(31)32)16-21(26(30)18-9-5-4-6-10-18)19-13-14-24(33-2)25(15-19)34-3/h4-15,21-22H,16H2,1-3H3,(H,27,29). The molecule has 34 heavy (non-hydrogen) atoms. The number of hydrogen-bond donors (Lipinski definition) is 1. The van der Waals surface area contributed by atoms with Gasteiger partial charge in [-0.1, -0.05) is 54.6 Å². The van der Waals surface area contributed by atoms with Crippen molar-refractivity contribution in [3.63, 3.8) is 0 Å². The van der Waals surface area contributed by atoms with Gasteiger partial charge in [0.05, 0.1) is 30.7 Å². The first kappa shape index (κ1) is 24.4. The highest BCUT2D eigenvalue weighted by molar-refractivity contribution is 6.01. The Hall–Kier alpha value is -4.20. The van der Waals surface area contributed by atoms with Crippen molar-refractivity contribution in [1.29, 1.82) is 0 Å². The number of para-hydroxylation sites is 1. The molecule has 3 aromatic rings. The molecule has 0 saturated carbocycles. The first-order chi connectivity index (χ1) is 16.3. The van der Waals surface area contributed by atoms with Gasteiger partial charge in [-0.05, 0) is 24.1 Å². The summed E-state index contributed by atoms with van der Waals surface area (Å²) < 4.78 is 10.7. The zero-order valence-electron chi connectivity index (χ0n) is 19.2. The van der Waals surface area contributed by atoms with Crippen molar-refractivity contribution < 1.29 is 24.0 Å². The molecule has 176 valence electrons. The fourth-order valence-electron chi connectivity index (χ4n) is 3.96. The van der Waals surface area contributed by atoms with Crippen LogP contribution in [-0.2, 0) is 4.79 Å². The number of hydrogen-bond acceptors (Lipinski definition) is 6. The number of amides is 1. The molecule has 8 nitrogen and oxygen atoms in total. The van der Waals surface area contributed by atoms with Gasteiger partial charge in [0, 0.05) is 24.5 Å². The second-order valence-electron chi connectivity index (χ2n) is 7.70. The molecule has 0 aliphatic carbocycles. The summed E-state index contributed by atoms with van der Waals surface area (Å²) >= 11 is 0. The first-order valence-electron chi connectivity index (χ1n) is 10.7. The maximum Gasteiger partial charge on any atom is 0.274 e. The van der Waals surface area contributed by atoms with Crippen LogP contribution in [0.25, 0.3) is 0 Å². The Labute approximate surface area is 197 Å². The van der Waals surface area contributed by atoms with E-state index in [0.717, 1.165) is 0 Å². The van der Waals surface area contributed by atoms with Gasteiger partial charge < -0.3 is 14.8 Å². The number of methoxy groups -OCH3 is 2. The SMILES string of the molecule is COc1ccc(C(CC(NC(C)=O)c2ccccc2[N+](=O)[O-])C(=O)c2ccccc2)cc1OC. The summed E-state index contributed by atoms with van der Waals surface area (Å²) in [5, 5.41) is 14.5. The maximum absolute atomic E-state index is 13.7. The molecule has 0 aromatic heterocycles. The molecule has 0 bridgehead atoms. The summed E-state index contributed by atoms with van der Waals surface area (Å²) in [6.07, 6.45) is 0.105. The summed E-state index contributed by atoms with van der Waals surface area (Å²) in [4.78, 5) is 36.9. The number of nitrogens with one attached hydrogen (secondary N) is 1. The molecule has 3 aromatic carbocycles. The Morgan fingerprint density at radius 3 is 2.21 bits per heavy atom. The third-order valence-corrected chi connectivity index (χ3v) is 5.54. The molecule has 0 spiro atoms. The minimum atomic E-state index is -0.773. The van der Waals surface area contributed by atoms with E-state index in [2.05, 4.69) is 5.32 Å². The van der Waals surface area contributed by atoms with Crippen molar-refractivity contribution in [2.24, 2.45) is 0 Å². The Morgan fingerprint density at radius 2 is 1.59 bits per heavy atom. The minimum Gasteiger partial charge on any atom is -0.493 e. The number of nitrogens with zero attached hydrogens (tertiary/aromatic N) is 1. The van der Waals surface area contributed by atoms with Gasteiger partial charge in [0.15, 0.2) is 17.3 Å². The monoisotopic (exact) mass is 462 g/mol. The van der Waals surface area contributed by atoms with Crippen LogP contribution in [0.4, 0.5) is 5.69 Å². The molecule has 0 aliphatic rings. The summed E-state index contributed by atoms with van der Waals surface area (Å²) in [5.74, 6) is -0.302. The Bertz CT molecular complexity index is 1180. The van der Waals surface area contributed by atoms with E-state index in [1.54, 1.807) is 60.7 Å². The normalized spacial score (nSPS) is 12.3. The summed E-state index contributed by atoms with van der Waals surface area (Å²) in [6.45, 7) is 1.34. The molecule has 0 heterocycles. The van der Waals surface area contributed by atoms with Crippen LogP contribution in [0.2, 0.25) is 0 Å². The van der Waals surface area contributed by atoms with E-state index in [0.29, 0.717) is 28.2 Å². The Kier molecular flexibility index (Phi) is 7.97. The lowest BCUT2D eigenvalue weighted by Gasteiger charge is -2.25. The van der Waals surface area contributed by atoms with Crippen LogP contribution in [0, 0.1) is 10.1 Å². The van der Waals surface area contributed by atoms with Crippen LogP contribution in [0.1, 0.15) is 46.8 Å². The second-order valence-corrected chi connectivity index (χ2v) is 7.70. The molecule has 2 unspecified atom stereocenters. The molecule has 0 aliphatic heterocycles. The molecular weight excluding hydrogens is 436 g/mol. The van der Waals surface area contributed by atoms with Crippen LogP contribution < -0.4 is 14.8 Å². The topological polar surface area (TPSA) is 108 Å². The number of ether oxygens (including phenoxy) is 2. The van der Waals surface area contributed by atoms with Gasteiger partial charge in [0.1, 0.15) is 0 Å². The van der Waals surface area contributed by atoms with E-state index in [1.807, 2.05) is 6.07 Å². The van der Waals surface area contributed by atoms with Gasteiger partial charge in [-0.25, -0.2) is 0 Å². The number of ketones is 1. The molecule has 1 N–H and O–H groups in total. The number of benzene rings is 3. The van der Waals surface area contributed by atoms with Gasteiger partial charge in [0.2, 0.25) is 5.91 Å². The molecule has 2 atom stereocenters. The van der Waals surface area contributed by atoms with E-state index < -0.39 is 16.9 Å². The average Bonchev–Trinajstić information content (AvgIpc) is 2.86. The van der Waals surface area contributed by atoms with Crippen LogP contribution in [-0.4, -0.2) is 30.8 Å². The molecule has 0 saturated heterocycles. The van der Waals surface area contributed by atoms with Gasteiger partial charge in [-0.15, -0.1) is 0 Å². The lowest BCUT2D eigenvalue weighted by molar-refractivity contribution is -0.385. The summed E-state index contributed by atoms with van der Waals surface area (Å²) in [5.41, 5.74) is 1.33. The molecule has 0 radical (unpaired) electrons. The Morgan fingerprint density at radius 1 is 0.941 bits per heavy atom. The van der Waals surface area contributed by atoms with Crippen molar-refractivity contribution in [2.75, 3.05) is 14.2 Å². The van der Waals surface area contributed by atoms with Gasteiger partial charge in [-0.2, -0.15) is 0 Å². The van der Waals surface area contributed by atoms with E-state index in [-0.39, 0.29) is 23.8 Å². The summed E-state index contributed by atoms with van der Waals surface area (Å²) in [6, 6.07) is 19.4. The third-order valence-electron chi connectivity index (χ3n) is 5.54. The number of nitro groups is 1. The van der Waals surface area contributed by atoms with Gasteiger partial charge in [0.25, 0.3) is 5.69 Å². The second kappa shape index (κ2) is 11.1. The highest BCUT2D eigenvalue weighted by Crippen LogP contribution is 2.38. The van der Waals surface area contributed by atoms with Crippen LogP contribution in [0.3, 0.4) is 0 Å². The largest absolute Gasteiger partial charge is 0.493 e. The van der Waals surface area contributed by atoms with Crippen molar-refractivity contribution in [1.82, 2.24) is 5.32 Å². The number of carbonyl (C=O) groups excluding carboxylic acids is 2. The highest BCUT2D eigenvalue weighted by Gasteiger charge is 2.31. The Balaban J connectivity index is 2.12. The van der Waals surface area contributed by atoms with Gasteiger partial charge in [-0.3, -0.25) is 19.7 Å². The predicted octanol–water partition coefficient (Wildman–Crippen LogP) is 4.85. The lowest BCUT2D eigenvalue weighted by Crippen LogP contribution is -2.30. The quantitative estimate of drug-likeness (QED) is 0.262. The maximum atomic E-state index is 13.7. The average molecular weight is 463 g/mol. The van der Waals surface area contributed by atoms with Crippen molar-refractivity contribution in [3.05, 3.63) is 99.6 Å². The lowest BCUT2D eigenvalue weighted by atomic mass is 9.83. The fourth-order valence-corrected chi connectivity index (χ4v) is 3.96. The highest BCUT2D eigenvalue weighted by atomic mass is 16.6. The molecule has 1 amide bonds. The van der Waals surface area contributed by atoms with E-state index in [9.17, 15) is 19.7 Å². The van der Waals surface area contributed by atoms with Crippen molar-refractivity contribution in [2.45, 2.75) is 25.3 Å². The van der Waals surface area contributed by atoms with Crippen LogP contribution in [0.15, 0.2) is 72.8 Å². The fraction of sp³-hybridized carbons (Fsp3) is 0.231. The zero-order chi connectivity index (χ0) is 24.7. The molecular formula is C26H26N2O6. The molecule has 8 heteroatoms. The van der Waals surface area contributed by atoms with Crippen LogP contribution >= 0.6 is 0 Å². The molecule has 0 fully saturated rings. The number of nitro benzene ring substituents is 1. The van der Waals surface area contributed by atoms with Crippen LogP contribution in [0.5, 0.6) is 11.5 Å². The number of Topliss-reactive ketones (excluding diaryl/α,β-unsaturated/α-hetero) is 1. The smallest absolute Gasteiger partial charge is 0.274 e. The predicted molar refractivity (Wildman–Crippen MR) is 127 cm³/mol.